The van der Waals surface area contributed by atoms with Crippen LogP contribution < -0.4 is 5.32 Å². The second-order valence-corrected chi connectivity index (χ2v) is 3.46. The summed E-state index contributed by atoms with van der Waals surface area (Å²) in [6, 6.07) is 0. The molecule has 0 radical (unpaired) electrons. The van der Waals surface area contributed by atoms with Crippen molar-refractivity contribution in [2.75, 3.05) is 12.4 Å². The number of nitrogens with zero attached hydrogens (tertiary/aromatic N) is 2. The molecule has 1 aromatic heterocycles. The highest BCUT2D eigenvalue weighted by Gasteiger charge is 2.14. The van der Waals surface area contributed by atoms with E-state index >= 15 is 0 Å². The lowest BCUT2D eigenvalue weighted by Gasteiger charge is -2.11. The smallest absolute Gasteiger partial charge is 0.140 e. The summed E-state index contributed by atoms with van der Waals surface area (Å²) < 4.78 is 4.75. The van der Waals surface area contributed by atoms with Gasteiger partial charge in [-0.05, 0) is 42.2 Å². The Balaban J connectivity index is 2.94. The third kappa shape index (κ3) is 0.999. The number of nitrogens with one attached hydrogen (secondary N) is 1. The van der Waals surface area contributed by atoms with Crippen LogP contribution in [0.3, 0.4) is 0 Å². The molecule has 1 aromatic carbocycles. The Labute approximate surface area is 82.3 Å². The Morgan fingerprint density at radius 2 is 1.50 bits per heavy atom. The number of fused-ring (bicyclic) bond motifs is 1. The van der Waals surface area contributed by atoms with E-state index < -0.39 is 0 Å². The predicted molar refractivity (Wildman–Crippen MR) is 55.6 cm³/mol. The van der Waals surface area contributed by atoms with E-state index in [2.05, 4.69) is 22.6 Å². The summed E-state index contributed by atoms with van der Waals surface area (Å²) in [4.78, 5) is 0. The number of benzene rings is 1. The van der Waals surface area contributed by atoms with Crippen LogP contribution in [0.25, 0.3) is 11.0 Å². The van der Waals surface area contributed by atoms with E-state index in [4.69, 9.17) is 4.63 Å². The normalized spacial score (nSPS) is 10.9. The second kappa shape index (κ2) is 2.97. The van der Waals surface area contributed by atoms with E-state index in [-0.39, 0.29) is 0 Å². The van der Waals surface area contributed by atoms with Crippen LogP contribution in [0.1, 0.15) is 16.7 Å². The van der Waals surface area contributed by atoms with Gasteiger partial charge in [0, 0.05) is 18.3 Å². The molecule has 0 unspecified atom stereocenters. The van der Waals surface area contributed by atoms with Crippen molar-refractivity contribution >= 4 is 16.7 Å². The van der Waals surface area contributed by atoms with Crippen molar-refractivity contribution in [3.63, 3.8) is 0 Å². The fourth-order valence-electron chi connectivity index (χ4n) is 1.82. The monoisotopic (exact) mass is 191 g/mol. The van der Waals surface area contributed by atoms with Crippen molar-refractivity contribution in [3.8, 4) is 0 Å². The molecule has 0 spiro atoms. The first kappa shape index (κ1) is 8.99. The zero-order valence-corrected chi connectivity index (χ0v) is 8.80. The first-order valence-corrected chi connectivity index (χ1v) is 4.56. The fraction of sp³-hybridized carbons (Fsp3) is 0.400. The topological polar surface area (TPSA) is 51.0 Å². The first-order chi connectivity index (χ1) is 6.66. The van der Waals surface area contributed by atoms with Crippen LogP contribution >= 0.6 is 0 Å². The maximum Gasteiger partial charge on any atom is 0.140 e. The van der Waals surface area contributed by atoms with Gasteiger partial charge in [-0.25, -0.2) is 4.63 Å². The average Bonchev–Trinajstić information content (AvgIpc) is 2.64. The molecule has 0 aliphatic heterocycles. The van der Waals surface area contributed by atoms with Crippen LogP contribution in [-0.4, -0.2) is 17.4 Å². The lowest BCUT2D eigenvalue weighted by molar-refractivity contribution is 0.315. The molecule has 0 saturated carbocycles. The summed E-state index contributed by atoms with van der Waals surface area (Å²) in [6.45, 7) is 6.12. The fourth-order valence-corrected chi connectivity index (χ4v) is 1.82. The molecule has 0 amide bonds. The Hall–Kier alpha value is -1.58. The molecule has 4 nitrogen and oxygen atoms in total. The van der Waals surface area contributed by atoms with Crippen molar-refractivity contribution < 1.29 is 4.63 Å². The van der Waals surface area contributed by atoms with E-state index in [1.54, 1.807) is 0 Å². The van der Waals surface area contributed by atoms with Gasteiger partial charge in [-0.3, -0.25) is 0 Å². The SMILES string of the molecule is CNc1c(C)c(C)c2nonc2c1C. The Bertz CT molecular complexity index is 488. The van der Waals surface area contributed by atoms with Crippen LogP contribution in [0.5, 0.6) is 0 Å². The molecule has 1 heterocycles. The summed E-state index contributed by atoms with van der Waals surface area (Å²) >= 11 is 0. The molecule has 0 aliphatic rings. The van der Waals surface area contributed by atoms with Crippen LogP contribution in [-0.2, 0) is 0 Å². The summed E-state index contributed by atoms with van der Waals surface area (Å²) in [5, 5.41) is 11.0. The lowest BCUT2D eigenvalue weighted by Crippen LogP contribution is -1.98. The third-order valence-corrected chi connectivity index (χ3v) is 2.76. The third-order valence-electron chi connectivity index (χ3n) is 2.76. The molecule has 0 atom stereocenters. The molecule has 14 heavy (non-hydrogen) atoms. The van der Waals surface area contributed by atoms with Crippen molar-refractivity contribution in [2.24, 2.45) is 0 Å². The minimum absolute atomic E-state index is 0.845. The molecule has 1 N–H and O–H groups in total. The van der Waals surface area contributed by atoms with Gasteiger partial charge in [-0.15, -0.1) is 0 Å². The number of rotatable bonds is 1. The van der Waals surface area contributed by atoms with Crippen LogP contribution in [0.4, 0.5) is 5.69 Å². The highest BCUT2D eigenvalue weighted by atomic mass is 16.6. The van der Waals surface area contributed by atoms with Gasteiger partial charge in [0.1, 0.15) is 11.0 Å². The second-order valence-electron chi connectivity index (χ2n) is 3.46. The maximum atomic E-state index is 4.75. The zero-order valence-electron chi connectivity index (χ0n) is 8.80. The summed E-state index contributed by atoms with van der Waals surface area (Å²) in [6.07, 6.45) is 0. The molecular weight excluding hydrogens is 178 g/mol. The summed E-state index contributed by atoms with van der Waals surface area (Å²) in [7, 11) is 1.91. The van der Waals surface area contributed by atoms with Gasteiger partial charge in [0.25, 0.3) is 0 Å². The highest BCUT2D eigenvalue weighted by molar-refractivity contribution is 5.88. The standard InChI is InChI=1S/C10H13N3O/c1-5-6(2)9-10(13-14-12-9)7(3)8(5)11-4/h11H,1-4H3. The summed E-state index contributed by atoms with van der Waals surface area (Å²) in [5.74, 6) is 0. The van der Waals surface area contributed by atoms with Gasteiger partial charge in [0.2, 0.25) is 0 Å². The molecule has 0 aliphatic carbocycles. The van der Waals surface area contributed by atoms with Crippen LogP contribution in [0, 0.1) is 20.8 Å². The minimum Gasteiger partial charge on any atom is -0.388 e. The number of aromatic nitrogens is 2. The molecule has 74 valence electrons. The predicted octanol–water partition coefficient (Wildman–Crippen LogP) is 2.19. The van der Waals surface area contributed by atoms with Crippen LogP contribution in [0.15, 0.2) is 4.63 Å². The average molecular weight is 191 g/mol. The molecule has 0 saturated heterocycles. The van der Waals surface area contributed by atoms with Crippen molar-refractivity contribution in [1.82, 2.24) is 10.3 Å². The number of hydrogen-bond donors (Lipinski definition) is 1. The lowest BCUT2D eigenvalue weighted by atomic mass is 10.0. The Morgan fingerprint density at radius 1 is 0.929 bits per heavy atom. The molecule has 2 aromatic rings. The number of hydrogen-bond acceptors (Lipinski definition) is 4. The van der Waals surface area contributed by atoms with Gasteiger partial charge < -0.3 is 5.32 Å². The zero-order chi connectivity index (χ0) is 10.3. The summed E-state index contributed by atoms with van der Waals surface area (Å²) in [5.41, 5.74) is 6.23. The molecule has 2 rings (SSSR count). The van der Waals surface area contributed by atoms with Gasteiger partial charge in [-0.2, -0.15) is 0 Å². The highest BCUT2D eigenvalue weighted by Crippen LogP contribution is 2.30. The molecule has 0 fully saturated rings. The molecule has 4 heteroatoms. The van der Waals surface area contributed by atoms with Gasteiger partial charge in [0.05, 0.1) is 0 Å². The van der Waals surface area contributed by atoms with Crippen molar-refractivity contribution in [1.29, 1.82) is 0 Å². The Kier molecular flexibility index (Phi) is 1.91. The van der Waals surface area contributed by atoms with E-state index in [1.165, 1.54) is 5.56 Å². The van der Waals surface area contributed by atoms with E-state index in [1.807, 2.05) is 20.9 Å². The first-order valence-electron chi connectivity index (χ1n) is 4.56. The largest absolute Gasteiger partial charge is 0.388 e. The van der Waals surface area contributed by atoms with E-state index in [0.717, 1.165) is 27.8 Å². The van der Waals surface area contributed by atoms with Crippen molar-refractivity contribution in [2.45, 2.75) is 20.8 Å². The number of anilines is 1. The van der Waals surface area contributed by atoms with E-state index in [9.17, 15) is 0 Å². The molecular formula is C10H13N3O. The maximum absolute atomic E-state index is 4.75. The van der Waals surface area contributed by atoms with Gasteiger partial charge >= 0.3 is 0 Å². The van der Waals surface area contributed by atoms with Crippen LogP contribution in [0.2, 0.25) is 0 Å². The number of aryl methyl sites for hydroxylation is 2. The molecule has 0 bridgehead atoms. The van der Waals surface area contributed by atoms with E-state index in [0.29, 0.717) is 0 Å². The quantitative estimate of drug-likeness (QED) is 0.750. The Morgan fingerprint density at radius 3 is 2.07 bits per heavy atom. The minimum atomic E-state index is 0.845. The van der Waals surface area contributed by atoms with Crippen molar-refractivity contribution in [3.05, 3.63) is 16.7 Å². The van der Waals surface area contributed by atoms with Gasteiger partial charge in [0.15, 0.2) is 0 Å². The van der Waals surface area contributed by atoms with Gasteiger partial charge in [-0.1, -0.05) is 0 Å².